The molecule has 2 aromatic rings. The number of likely N-dealkylation sites (tertiary alicyclic amines) is 1. The van der Waals surface area contributed by atoms with E-state index in [0.717, 1.165) is 64.3 Å². The van der Waals surface area contributed by atoms with Crippen LogP contribution in [0.3, 0.4) is 0 Å². The Balaban J connectivity index is 1.30. The molecule has 1 aromatic carbocycles. The molecule has 4 rings (SSSR count). The summed E-state index contributed by atoms with van der Waals surface area (Å²) in [5, 5.41) is 0. The molecule has 0 N–H and O–H groups in total. The zero-order valence-corrected chi connectivity index (χ0v) is 16.3. The molecule has 2 fully saturated rings. The minimum absolute atomic E-state index is 0.122. The Kier molecular flexibility index (Phi) is 6.02. The topological polar surface area (TPSA) is 39.7 Å². The van der Waals surface area contributed by atoms with Crippen molar-refractivity contribution in [2.45, 2.75) is 12.8 Å². The van der Waals surface area contributed by atoms with Crippen LogP contribution < -0.4 is 4.90 Å². The molecule has 0 radical (unpaired) electrons. The third-order valence-electron chi connectivity index (χ3n) is 5.57. The Labute approximate surface area is 167 Å². The van der Waals surface area contributed by atoms with E-state index in [-0.39, 0.29) is 5.91 Å². The van der Waals surface area contributed by atoms with Gasteiger partial charge in [-0.1, -0.05) is 42.5 Å². The minimum atomic E-state index is 0.122. The number of anilines is 1. The number of rotatable bonds is 5. The number of benzene rings is 1. The average molecular weight is 377 g/mol. The first-order valence-corrected chi connectivity index (χ1v) is 10.2. The lowest BCUT2D eigenvalue weighted by Crippen LogP contribution is -2.46. The summed E-state index contributed by atoms with van der Waals surface area (Å²) in [5.74, 6) is 0.122. The van der Waals surface area contributed by atoms with Gasteiger partial charge in [-0.3, -0.25) is 14.7 Å². The van der Waals surface area contributed by atoms with E-state index in [1.807, 2.05) is 23.2 Å². The highest BCUT2D eigenvalue weighted by Crippen LogP contribution is 2.19. The molecule has 3 heterocycles. The van der Waals surface area contributed by atoms with Crippen molar-refractivity contribution >= 4 is 17.7 Å². The van der Waals surface area contributed by atoms with E-state index in [9.17, 15) is 4.79 Å². The summed E-state index contributed by atoms with van der Waals surface area (Å²) in [4.78, 5) is 23.7. The van der Waals surface area contributed by atoms with Crippen molar-refractivity contribution in [3.05, 3.63) is 66.0 Å². The van der Waals surface area contributed by atoms with Gasteiger partial charge in [0.1, 0.15) is 0 Å². The van der Waals surface area contributed by atoms with Gasteiger partial charge in [-0.15, -0.1) is 0 Å². The van der Waals surface area contributed by atoms with Crippen LogP contribution >= 0.6 is 0 Å². The Bertz CT molecular complexity index is 806. The van der Waals surface area contributed by atoms with Crippen molar-refractivity contribution in [2.24, 2.45) is 0 Å². The third-order valence-corrected chi connectivity index (χ3v) is 5.57. The maximum atomic E-state index is 12.6. The molecular formula is C23H28N4O. The van der Waals surface area contributed by atoms with Crippen molar-refractivity contribution in [1.82, 2.24) is 14.8 Å². The highest BCUT2D eigenvalue weighted by atomic mass is 16.2. The summed E-state index contributed by atoms with van der Waals surface area (Å²) in [5.41, 5.74) is 3.02. The predicted molar refractivity (Wildman–Crippen MR) is 114 cm³/mol. The number of pyridine rings is 1. The molecule has 5 nitrogen and oxygen atoms in total. The predicted octanol–water partition coefficient (Wildman–Crippen LogP) is 3.15. The Morgan fingerprint density at radius 3 is 2.46 bits per heavy atom. The second-order valence-corrected chi connectivity index (χ2v) is 7.53. The van der Waals surface area contributed by atoms with Crippen LogP contribution in [0.25, 0.3) is 6.08 Å². The molecule has 28 heavy (non-hydrogen) atoms. The normalized spacial score (nSPS) is 18.1. The fourth-order valence-corrected chi connectivity index (χ4v) is 3.91. The molecule has 146 valence electrons. The Morgan fingerprint density at radius 1 is 0.964 bits per heavy atom. The summed E-state index contributed by atoms with van der Waals surface area (Å²) >= 11 is 0. The maximum Gasteiger partial charge on any atom is 0.255 e. The number of amides is 1. The van der Waals surface area contributed by atoms with E-state index in [1.54, 1.807) is 6.20 Å². The number of hydrogen-bond donors (Lipinski definition) is 0. The summed E-state index contributed by atoms with van der Waals surface area (Å²) in [7, 11) is 0. The summed E-state index contributed by atoms with van der Waals surface area (Å²) in [6.07, 6.45) is 10.2. The zero-order valence-electron chi connectivity index (χ0n) is 16.3. The molecule has 1 aromatic heterocycles. The van der Waals surface area contributed by atoms with Crippen molar-refractivity contribution < 1.29 is 4.79 Å². The first-order chi connectivity index (χ1) is 13.8. The van der Waals surface area contributed by atoms with Gasteiger partial charge in [0.05, 0.1) is 17.4 Å². The molecule has 0 unspecified atom stereocenters. The molecule has 2 aliphatic rings. The summed E-state index contributed by atoms with van der Waals surface area (Å²) in [6, 6.07) is 12.4. The van der Waals surface area contributed by atoms with Gasteiger partial charge in [0, 0.05) is 52.0 Å². The van der Waals surface area contributed by atoms with Gasteiger partial charge in [0.15, 0.2) is 0 Å². The molecule has 0 saturated carbocycles. The van der Waals surface area contributed by atoms with Crippen LogP contribution in [-0.2, 0) is 0 Å². The molecule has 2 saturated heterocycles. The quantitative estimate of drug-likeness (QED) is 0.804. The second-order valence-electron chi connectivity index (χ2n) is 7.53. The van der Waals surface area contributed by atoms with E-state index >= 15 is 0 Å². The molecule has 2 aliphatic heterocycles. The highest BCUT2D eigenvalue weighted by Gasteiger charge is 2.22. The van der Waals surface area contributed by atoms with Crippen LogP contribution in [0.4, 0.5) is 5.69 Å². The van der Waals surface area contributed by atoms with Crippen LogP contribution in [0.1, 0.15) is 28.8 Å². The van der Waals surface area contributed by atoms with Crippen molar-refractivity contribution in [3.63, 3.8) is 0 Å². The van der Waals surface area contributed by atoms with Gasteiger partial charge >= 0.3 is 0 Å². The molecule has 0 bridgehead atoms. The largest absolute Gasteiger partial charge is 0.368 e. The number of carbonyl (C=O) groups is 1. The lowest BCUT2D eigenvalue weighted by atomic mass is 10.2. The van der Waals surface area contributed by atoms with Gasteiger partial charge in [0.25, 0.3) is 5.91 Å². The zero-order chi connectivity index (χ0) is 19.2. The van der Waals surface area contributed by atoms with E-state index in [1.165, 1.54) is 5.56 Å². The van der Waals surface area contributed by atoms with Crippen LogP contribution in [-0.4, -0.2) is 66.5 Å². The highest BCUT2D eigenvalue weighted by molar-refractivity contribution is 5.95. The maximum absolute atomic E-state index is 12.6. The third kappa shape index (κ3) is 4.60. The number of hydrogen-bond acceptors (Lipinski definition) is 4. The fraction of sp³-hybridized carbons (Fsp3) is 0.391. The molecule has 5 heteroatoms. The van der Waals surface area contributed by atoms with E-state index < -0.39 is 0 Å². The molecule has 0 aliphatic carbocycles. The number of nitrogens with zero attached hydrogens (tertiary/aromatic N) is 4. The number of piperazine rings is 1. The Hall–Kier alpha value is -2.66. The molecule has 1 amide bonds. The van der Waals surface area contributed by atoms with Crippen molar-refractivity contribution in [3.8, 4) is 0 Å². The number of aromatic nitrogens is 1. The molecular weight excluding hydrogens is 348 g/mol. The van der Waals surface area contributed by atoms with Crippen LogP contribution in [0.5, 0.6) is 0 Å². The van der Waals surface area contributed by atoms with Gasteiger partial charge in [-0.05, 0) is 24.5 Å². The van der Waals surface area contributed by atoms with E-state index in [0.29, 0.717) is 5.56 Å². The monoisotopic (exact) mass is 376 g/mol. The standard InChI is InChI=1S/C23H28N4O/c28-23(27-11-4-5-12-27)21-17-22(19-24-18-21)26-15-13-25(14-16-26)10-6-9-20-7-2-1-3-8-20/h1-3,6-9,17-19H,4-5,10-16H2/b9-6+. The first kappa shape index (κ1) is 18.7. The van der Waals surface area contributed by atoms with E-state index in [4.69, 9.17) is 0 Å². The summed E-state index contributed by atoms with van der Waals surface area (Å²) in [6.45, 7) is 6.67. The van der Waals surface area contributed by atoms with Gasteiger partial charge in [-0.25, -0.2) is 0 Å². The average Bonchev–Trinajstić information content (AvgIpc) is 3.30. The van der Waals surface area contributed by atoms with Crippen molar-refractivity contribution in [1.29, 1.82) is 0 Å². The first-order valence-electron chi connectivity index (χ1n) is 10.2. The SMILES string of the molecule is O=C(c1cncc(N2CCN(C/C=C/c3ccccc3)CC2)c1)N1CCCC1. The van der Waals surface area contributed by atoms with Crippen molar-refractivity contribution in [2.75, 3.05) is 50.7 Å². The van der Waals surface area contributed by atoms with Gasteiger partial charge < -0.3 is 9.80 Å². The number of carbonyl (C=O) groups excluding carboxylic acids is 1. The minimum Gasteiger partial charge on any atom is -0.368 e. The molecule has 0 spiro atoms. The van der Waals surface area contributed by atoms with E-state index in [2.05, 4.69) is 51.2 Å². The Morgan fingerprint density at radius 2 is 1.71 bits per heavy atom. The van der Waals surface area contributed by atoms with Gasteiger partial charge in [0.2, 0.25) is 0 Å². The second kappa shape index (κ2) is 9.02. The van der Waals surface area contributed by atoms with Crippen LogP contribution in [0.15, 0.2) is 54.9 Å². The van der Waals surface area contributed by atoms with Crippen LogP contribution in [0, 0.1) is 0 Å². The van der Waals surface area contributed by atoms with Crippen LogP contribution in [0.2, 0.25) is 0 Å². The van der Waals surface area contributed by atoms with Gasteiger partial charge in [-0.2, -0.15) is 0 Å². The smallest absolute Gasteiger partial charge is 0.255 e. The lowest BCUT2D eigenvalue weighted by molar-refractivity contribution is 0.0792. The molecule has 0 atom stereocenters. The fourth-order valence-electron chi connectivity index (χ4n) is 3.91. The lowest BCUT2D eigenvalue weighted by Gasteiger charge is -2.35. The summed E-state index contributed by atoms with van der Waals surface area (Å²) < 4.78 is 0.